The first-order valence-electron chi connectivity index (χ1n) is 7.11. The molecule has 23 heavy (non-hydrogen) atoms. The van der Waals surface area contributed by atoms with Crippen LogP contribution in [0.4, 0.5) is 5.69 Å². The van der Waals surface area contributed by atoms with Crippen LogP contribution in [-0.4, -0.2) is 22.3 Å². The number of anilines is 1. The minimum atomic E-state index is -0.391. The van der Waals surface area contributed by atoms with Gasteiger partial charge in [0, 0.05) is 16.2 Å². The van der Waals surface area contributed by atoms with Crippen molar-refractivity contribution in [2.24, 2.45) is 0 Å². The van der Waals surface area contributed by atoms with Gasteiger partial charge in [-0.1, -0.05) is 17.7 Å². The Kier molecular flexibility index (Phi) is 5.01. The lowest BCUT2D eigenvalue weighted by Crippen LogP contribution is -2.41. The van der Waals surface area contributed by atoms with Crippen LogP contribution in [0.2, 0.25) is 5.02 Å². The largest absolute Gasteiger partial charge is 0.346 e. The molecule has 0 aliphatic carbocycles. The molecule has 0 fully saturated rings. The Labute approximate surface area is 140 Å². The van der Waals surface area contributed by atoms with Gasteiger partial charge in [0.25, 0.3) is 11.8 Å². The molecule has 120 valence electrons. The zero-order chi connectivity index (χ0) is 17.0. The fourth-order valence-electron chi connectivity index (χ4n) is 1.82. The number of benzene rings is 1. The Morgan fingerprint density at radius 3 is 2.09 bits per heavy atom. The predicted molar refractivity (Wildman–Crippen MR) is 90.9 cm³/mol. The lowest BCUT2D eigenvalue weighted by atomic mass is 10.1. The van der Waals surface area contributed by atoms with Crippen LogP contribution in [0.25, 0.3) is 0 Å². The number of hydrogen-bond acceptors (Lipinski definition) is 3. The van der Waals surface area contributed by atoms with Gasteiger partial charge < -0.3 is 10.6 Å². The summed E-state index contributed by atoms with van der Waals surface area (Å²) in [5.41, 5.74) is 0.594. The van der Waals surface area contributed by atoms with E-state index in [1.807, 2.05) is 20.8 Å². The molecule has 0 saturated carbocycles. The summed E-state index contributed by atoms with van der Waals surface area (Å²) in [4.78, 5) is 28.5. The second-order valence-corrected chi connectivity index (χ2v) is 6.51. The molecular formula is C17H18ClN3O2. The summed E-state index contributed by atoms with van der Waals surface area (Å²) < 4.78 is 0. The molecule has 0 radical (unpaired) electrons. The first-order valence-corrected chi connectivity index (χ1v) is 7.49. The van der Waals surface area contributed by atoms with Gasteiger partial charge in [0.15, 0.2) is 0 Å². The summed E-state index contributed by atoms with van der Waals surface area (Å²) in [6, 6.07) is 11.5. The third kappa shape index (κ3) is 5.07. The normalized spacial score (nSPS) is 11.0. The number of nitrogens with one attached hydrogen (secondary N) is 2. The van der Waals surface area contributed by atoms with Gasteiger partial charge in [0.1, 0.15) is 11.4 Å². The Bertz CT molecular complexity index is 721. The van der Waals surface area contributed by atoms with Crippen molar-refractivity contribution in [1.29, 1.82) is 0 Å². The van der Waals surface area contributed by atoms with E-state index in [9.17, 15) is 9.59 Å². The van der Waals surface area contributed by atoms with Gasteiger partial charge in [-0.3, -0.25) is 9.59 Å². The fraction of sp³-hybridized carbons (Fsp3) is 0.235. The highest BCUT2D eigenvalue weighted by molar-refractivity contribution is 6.30. The predicted octanol–water partition coefficient (Wildman–Crippen LogP) is 3.52. The van der Waals surface area contributed by atoms with E-state index in [0.29, 0.717) is 10.7 Å². The Hall–Kier alpha value is -2.40. The molecule has 2 rings (SSSR count). The van der Waals surface area contributed by atoms with Crippen LogP contribution in [0.15, 0.2) is 42.5 Å². The van der Waals surface area contributed by atoms with Crippen molar-refractivity contribution in [3.05, 3.63) is 58.9 Å². The molecule has 2 amide bonds. The van der Waals surface area contributed by atoms with E-state index in [1.54, 1.807) is 42.5 Å². The average Bonchev–Trinajstić information content (AvgIpc) is 2.48. The SMILES string of the molecule is CC(C)(C)NC(=O)c1cccc(C(=O)Nc2ccc(Cl)cc2)n1. The average molecular weight is 332 g/mol. The number of hydrogen-bond donors (Lipinski definition) is 2. The lowest BCUT2D eigenvalue weighted by Gasteiger charge is -2.20. The number of aromatic nitrogens is 1. The third-order valence-electron chi connectivity index (χ3n) is 2.80. The van der Waals surface area contributed by atoms with Crippen LogP contribution in [-0.2, 0) is 0 Å². The van der Waals surface area contributed by atoms with E-state index in [1.165, 1.54) is 0 Å². The van der Waals surface area contributed by atoms with Crippen LogP contribution >= 0.6 is 11.6 Å². The molecule has 0 atom stereocenters. The fourth-order valence-corrected chi connectivity index (χ4v) is 1.95. The summed E-state index contributed by atoms with van der Waals surface area (Å²) in [7, 11) is 0. The monoisotopic (exact) mass is 331 g/mol. The number of pyridine rings is 1. The van der Waals surface area contributed by atoms with E-state index in [2.05, 4.69) is 15.6 Å². The molecule has 0 aliphatic heterocycles. The second-order valence-electron chi connectivity index (χ2n) is 6.07. The molecule has 0 unspecified atom stereocenters. The van der Waals surface area contributed by atoms with Crippen molar-refractivity contribution in [2.45, 2.75) is 26.3 Å². The lowest BCUT2D eigenvalue weighted by molar-refractivity contribution is 0.0914. The number of halogens is 1. The zero-order valence-electron chi connectivity index (χ0n) is 13.2. The maximum atomic E-state index is 12.2. The van der Waals surface area contributed by atoms with Gasteiger partial charge in [-0.05, 0) is 57.2 Å². The van der Waals surface area contributed by atoms with Crippen LogP contribution < -0.4 is 10.6 Å². The zero-order valence-corrected chi connectivity index (χ0v) is 13.9. The van der Waals surface area contributed by atoms with Gasteiger partial charge in [0.05, 0.1) is 0 Å². The van der Waals surface area contributed by atoms with E-state index in [0.717, 1.165) is 0 Å². The van der Waals surface area contributed by atoms with Crippen molar-refractivity contribution < 1.29 is 9.59 Å². The molecule has 0 bridgehead atoms. The highest BCUT2D eigenvalue weighted by Gasteiger charge is 2.17. The first kappa shape index (κ1) is 17.0. The van der Waals surface area contributed by atoms with Crippen LogP contribution in [0.5, 0.6) is 0 Å². The van der Waals surface area contributed by atoms with Crippen molar-refractivity contribution in [2.75, 3.05) is 5.32 Å². The highest BCUT2D eigenvalue weighted by atomic mass is 35.5. The molecule has 0 spiro atoms. The van der Waals surface area contributed by atoms with Crippen LogP contribution in [0.3, 0.4) is 0 Å². The number of carbonyl (C=O) groups excluding carboxylic acids is 2. The van der Waals surface area contributed by atoms with Gasteiger partial charge in [0.2, 0.25) is 0 Å². The van der Waals surface area contributed by atoms with Gasteiger partial charge >= 0.3 is 0 Å². The molecule has 1 heterocycles. The summed E-state index contributed by atoms with van der Waals surface area (Å²) in [6.07, 6.45) is 0. The minimum absolute atomic E-state index is 0.168. The molecular weight excluding hydrogens is 314 g/mol. The highest BCUT2D eigenvalue weighted by Crippen LogP contribution is 2.14. The number of carbonyl (C=O) groups is 2. The molecule has 1 aromatic carbocycles. The molecule has 0 aliphatic rings. The number of nitrogens with zero attached hydrogens (tertiary/aromatic N) is 1. The molecule has 6 heteroatoms. The van der Waals surface area contributed by atoms with E-state index >= 15 is 0 Å². The summed E-state index contributed by atoms with van der Waals surface area (Å²) >= 11 is 5.80. The quantitative estimate of drug-likeness (QED) is 0.904. The topological polar surface area (TPSA) is 71.1 Å². The van der Waals surface area contributed by atoms with Crippen LogP contribution in [0, 0.1) is 0 Å². The Balaban J connectivity index is 2.14. The summed E-state index contributed by atoms with van der Waals surface area (Å²) in [5.74, 6) is -0.712. The Morgan fingerprint density at radius 2 is 1.52 bits per heavy atom. The smallest absolute Gasteiger partial charge is 0.274 e. The molecule has 1 aromatic heterocycles. The van der Waals surface area contributed by atoms with Crippen molar-refractivity contribution >= 4 is 29.1 Å². The van der Waals surface area contributed by atoms with E-state index < -0.39 is 5.91 Å². The van der Waals surface area contributed by atoms with Gasteiger partial charge in [-0.15, -0.1) is 0 Å². The Morgan fingerprint density at radius 1 is 0.957 bits per heavy atom. The molecule has 2 aromatic rings. The summed E-state index contributed by atoms with van der Waals surface area (Å²) in [5, 5.41) is 6.10. The molecule has 2 N–H and O–H groups in total. The van der Waals surface area contributed by atoms with Crippen LogP contribution in [0.1, 0.15) is 41.7 Å². The summed E-state index contributed by atoms with van der Waals surface area (Å²) in [6.45, 7) is 5.63. The number of amides is 2. The van der Waals surface area contributed by atoms with Crippen molar-refractivity contribution in [3.63, 3.8) is 0 Å². The maximum Gasteiger partial charge on any atom is 0.274 e. The number of rotatable bonds is 3. The van der Waals surface area contributed by atoms with E-state index in [4.69, 9.17) is 11.6 Å². The second kappa shape index (κ2) is 6.79. The van der Waals surface area contributed by atoms with E-state index in [-0.39, 0.29) is 22.8 Å². The third-order valence-corrected chi connectivity index (χ3v) is 3.06. The van der Waals surface area contributed by atoms with Gasteiger partial charge in [-0.2, -0.15) is 0 Å². The standard InChI is InChI=1S/C17H18ClN3O2/c1-17(2,3)21-16(23)14-6-4-5-13(20-14)15(22)19-12-9-7-11(18)8-10-12/h4-10H,1-3H3,(H,19,22)(H,21,23). The minimum Gasteiger partial charge on any atom is -0.346 e. The van der Waals surface area contributed by atoms with Crippen molar-refractivity contribution in [1.82, 2.24) is 10.3 Å². The maximum absolute atomic E-state index is 12.2. The van der Waals surface area contributed by atoms with Gasteiger partial charge in [-0.25, -0.2) is 4.98 Å². The first-order chi connectivity index (χ1) is 10.7. The molecule has 5 nitrogen and oxygen atoms in total. The van der Waals surface area contributed by atoms with Crippen molar-refractivity contribution in [3.8, 4) is 0 Å². The molecule has 0 saturated heterocycles.